The number of carbonyl (C=O) groups is 1. The van der Waals surface area contributed by atoms with Gasteiger partial charge in [0, 0.05) is 55.8 Å². The van der Waals surface area contributed by atoms with Crippen molar-refractivity contribution in [1.82, 2.24) is 9.88 Å². The Hall–Kier alpha value is -2.54. The lowest BCUT2D eigenvalue weighted by Gasteiger charge is -2.47. The van der Waals surface area contributed by atoms with Crippen LogP contribution in [0.5, 0.6) is 0 Å². The second-order valence-electron chi connectivity index (χ2n) is 14.6. The quantitative estimate of drug-likeness (QED) is 0.294. The van der Waals surface area contributed by atoms with Gasteiger partial charge in [0.1, 0.15) is 5.82 Å². The van der Waals surface area contributed by atoms with E-state index < -0.39 is 11.7 Å². The molecule has 2 aromatic rings. The number of piperazine rings is 1. The highest BCUT2D eigenvalue weighted by atomic mass is 16.3. The van der Waals surface area contributed by atoms with E-state index in [0.29, 0.717) is 18.7 Å². The van der Waals surface area contributed by atoms with Crippen molar-refractivity contribution >= 4 is 11.6 Å². The van der Waals surface area contributed by atoms with E-state index in [2.05, 4.69) is 59.0 Å². The molecule has 1 aliphatic heterocycles. The average Bonchev–Trinajstić information content (AvgIpc) is 3.29. The van der Waals surface area contributed by atoms with Gasteiger partial charge in [0.25, 0.3) is 0 Å². The maximum atomic E-state index is 14.2. The van der Waals surface area contributed by atoms with Crippen molar-refractivity contribution in [2.24, 2.45) is 11.3 Å². The lowest BCUT2D eigenvalue weighted by Crippen LogP contribution is -2.56. The molecule has 2 N–H and O–H groups in total. The van der Waals surface area contributed by atoms with E-state index in [1.165, 1.54) is 12.0 Å². The molecule has 2 saturated carbocycles. The summed E-state index contributed by atoms with van der Waals surface area (Å²) in [5, 5.41) is 23.6. The first-order chi connectivity index (χ1) is 21.3. The third-order valence-corrected chi connectivity index (χ3v) is 11.7. The molecule has 1 saturated heterocycles. The highest BCUT2D eigenvalue weighted by molar-refractivity contribution is 5.99. The van der Waals surface area contributed by atoms with E-state index in [0.717, 1.165) is 113 Å². The third-order valence-electron chi connectivity index (χ3n) is 11.7. The summed E-state index contributed by atoms with van der Waals surface area (Å²) in [4.78, 5) is 23.6. The van der Waals surface area contributed by atoms with E-state index in [9.17, 15) is 15.0 Å². The SMILES string of the molecule is CC1=CCCC2(C)C(CCC2(O)CN2CCN(c3ccccn3)CC2)c2ccc(cc2C(=O)C2CCCCC2)CC(O)CC1. The predicted octanol–water partition coefficient (Wildman–Crippen LogP) is 6.71. The molecular formula is C38H53N3O3. The van der Waals surface area contributed by atoms with Gasteiger partial charge in [-0.15, -0.1) is 0 Å². The van der Waals surface area contributed by atoms with E-state index >= 15 is 0 Å². The number of hydrogen-bond acceptors (Lipinski definition) is 6. The number of aliphatic hydroxyl groups is 2. The van der Waals surface area contributed by atoms with Crippen molar-refractivity contribution in [3.63, 3.8) is 0 Å². The van der Waals surface area contributed by atoms with Crippen LogP contribution in [-0.4, -0.2) is 70.3 Å². The van der Waals surface area contributed by atoms with Crippen LogP contribution >= 0.6 is 0 Å². The molecule has 5 aliphatic rings. The molecule has 7 rings (SSSR count). The minimum absolute atomic E-state index is 0.0917. The molecule has 0 spiro atoms. The fourth-order valence-electron chi connectivity index (χ4n) is 8.84. The molecule has 4 unspecified atom stereocenters. The summed E-state index contributed by atoms with van der Waals surface area (Å²) in [5.41, 5.74) is 3.17. The number of ketones is 1. The molecule has 2 bridgehead atoms. The zero-order valence-electron chi connectivity index (χ0n) is 27.0. The van der Waals surface area contributed by atoms with Crippen LogP contribution in [0.25, 0.3) is 0 Å². The number of anilines is 1. The predicted molar refractivity (Wildman–Crippen MR) is 177 cm³/mol. The molecule has 2 heterocycles. The first kappa shape index (κ1) is 31.4. The van der Waals surface area contributed by atoms with Gasteiger partial charge in [-0.3, -0.25) is 9.69 Å². The van der Waals surface area contributed by atoms with Gasteiger partial charge >= 0.3 is 0 Å². The summed E-state index contributed by atoms with van der Waals surface area (Å²) in [5.74, 6) is 1.52. The highest BCUT2D eigenvalue weighted by Crippen LogP contribution is 2.59. The van der Waals surface area contributed by atoms with Gasteiger partial charge in [0.15, 0.2) is 5.78 Å². The van der Waals surface area contributed by atoms with Gasteiger partial charge in [-0.1, -0.05) is 56.0 Å². The first-order valence-corrected chi connectivity index (χ1v) is 17.4. The standard InChI is InChI=1S/C38H53N3O3/c1-28-9-8-18-37(2)34(17-19-38(37,44)27-40-21-23-41(24-22-40)35-12-6-7-20-39-35)32-16-14-29(25-31(42)15-13-28)26-33(32)36(43)30-10-4-3-5-11-30/h6-7,9,12,14,16,20,26,30-31,34,42,44H,3-5,8,10-11,13,15,17-19,21-25,27H2,1-2H3. The number of aliphatic hydroxyl groups excluding tert-OH is 1. The molecular weight excluding hydrogens is 546 g/mol. The van der Waals surface area contributed by atoms with E-state index in [1.807, 2.05) is 18.3 Å². The van der Waals surface area contributed by atoms with Crippen LogP contribution in [0.1, 0.15) is 112 Å². The van der Waals surface area contributed by atoms with Gasteiger partial charge in [-0.2, -0.15) is 0 Å². The Morgan fingerprint density at radius 3 is 2.55 bits per heavy atom. The first-order valence-electron chi connectivity index (χ1n) is 17.4. The summed E-state index contributed by atoms with van der Waals surface area (Å²) < 4.78 is 0. The van der Waals surface area contributed by atoms with Gasteiger partial charge in [-0.25, -0.2) is 4.98 Å². The lowest BCUT2D eigenvalue weighted by atomic mass is 9.64. The van der Waals surface area contributed by atoms with Crippen molar-refractivity contribution in [3.8, 4) is 0 Å². The summed E-state index contributed by atoms with van der Waals surface area (Å²) >= 11 is 0. The highest BCUT2D eigenvalue weighted by Gasteiger charge is 2.57. The molecule has 6 nitrogen and oxygen atoms in total. The van der Waals surface area contributed by atoms with Crippen LogP contribution < -0.4 is 4.90 Å². The molecule has 6 heteroatoms. The number of fused-ring (bicyclic) bond motifs is 8. The minimum Gasteiger partial charge on any atom is -0.393 e. The number of nitrogens with zero attached hydrogens (tertiary/aromatic N) is 3. The normalized spacial score (nSPS) is 30.9. The number of carbonyl (C=O) groups excluding carboxylic acids is 1. The molecule has 3 fully saturated rings. The Balaban J connectivity index is 1.31. The Kier molecular flexibility index (Phi) is 9.61. The van der Waals surface area contributed by atoms with Gasteiger partial charge in [-0.05, 0) is 100.0 Å². The summed E-state index contributed by atoms with van der Waals surface area (Å²) in [6.45, 7) is 8.77. The number of aromatic nitrogens is 1. The Bertz CT molecular complexity index is 1310. The number of rotatable bonds is 5. The third kappa shape index (κ3) is 6.54. The number of allylic oxidation sites excluding steroid dienone is 2. The van der Waals surface area contributed by atoms with Crippen LogP contribution in [0, 0.1) is 11.3 Å². The number of β-amino-alcohol motifs (C(OH)–C–C–N with tert-alkyl or cyclic N) is 1. The Morgan fingerprint density at radius 2 is 1.80 bits per heavy atom. The second-order valence-corrected chi connectivity index (χ2v) is 14.6. The average molecular weight is 600 g/mol. The van der Waals surface area contributed by atoms with Crippen molar-refractivity contribution in [2.75, 3.05) is 37.6 Å². The second kappa shape index (κ2) is 13.4. The number of pyridine rings is 1. The van der Waals surface area contributed by atoms with Crippen LogP contribution in [0.15, 0.2) is 54.2 Å². The largest absolute Gasteiger partial charge is 0.393 e. The van der Waals surface area contributed by atoms with Crippen molar-refractivity contribution in [1.29, 1.82) is 0 Å². The number of hydrogen-bond donors (Lipinski definition) is 2. The van der Waals surface area contributed by atoms with Crippen LogP contribution in [0.2, 0.25) is 0 Å². The molecule has 4 atom stereocenters. The van der Waals surface area contributed by atoms with Gasteiger partial charge < -0.3 is 15.1 Å². The fraction of sp³-hybridized carbons (Fsp3) is 0.632. The zero-order chi connectivity index (χ0) is 30.7. The Morgan fingerprint density at radius 1 is 1.00 bits per heavy atom. The summed E-state index contributed by atoms with van der Waals surface area (Å²) in [6.07, 6.45) is 14.8. The molecule has 44 heavy (non-hydrogen) atoms. The minimum atomic E-state index is -0.844. The maximum absolute atomic E-state index is 14.2. The van der Waals surface area contributed by atoms with E-state index in [-0.39, 0.29) is 17.3 Å². The Labute approximate surface area is 264 Å². The monoisotopic (exact) mass is 599 g/mol. The van der Waals surface area contributed by atoms with E-state index in [4.69, 9.17) is 0 Å². The van der Waals surface area contributed by atoms with Crippen molar-refractivity contribution in [3.05, 3.63) is 70.9 Å². The van der Waals surface area contributed by atoms with Crippen LogP contribution in [0.4, 0.5) is 5.82 Å². The molecule has 0 amide bonds. The van der Waals surface area contributed by atoms with Crippen LogP contribution in [0.3, 0.4) is 0 Å². The van der Waals surface area contributed by atoms with Crippen molar-refractivity contribution < 1.29 is 15.0 Å². The van der Waals surface area contributed by atoms with Gasteiger partial charge in [0.05, 0.1) is 11.7 Å². The molecule has 0 radical (unpaired) electrons. The van der Waals surface area contributed by atoms with Crippen LogP contribution in [-0.2, 0) is 6.42 Å². The molecule has 1 aromatic carbocycles. The maximum Gasteiger partial charge on any atom is 0.166 e. The smallest absolute Gasteiger partial charge is 0.166 e. The zero-order valence-corrected chi connectivity index (χ0v) is 27.0. The fourth-order valence-corrected chi connectivity index (χ4v) is 8.84. The summed E-state index contributed by atoms with van der Waals surface area (Å²) in [7, 11) is 0. The lowest BCUT2D eigenvalue weighted by molar-refractivity contribution is -0.0841. The van der Waals surface area contributed by atoms with Crippen molar-refractivity contribution in [2.45, 2.75) is 109 Å². The number of benzene rings is 1. The van der Waals surface area contributed by atoms with Gasteiger partial charge in [0.2, 0.25) is 0 Å². The molecule has 4 aliphatic carbocycles. The summed E-state index contributed by atoms with van der Waals surface area (Å²) in [6, 6.07) is 12.6. The molecule has 1 aromatic heterocycles. The topological polar surface area (TPSA) is 76.9 Å². The molecule has 238 valence electrons. The number of Topliss-reactive ketones (excluding diaryl/α,β-unsaturated/α-hetero) is 1. The van der Waals surface area contributed by atoms with E-state index in [1.54, 1.807) is 0 Å².